The molecule has 33 heavy (non-hydrogen) atoms. The zero-order chi connectivity index (χ0) is 23.5. The third-order valence-corrected chi connectivity index (χ3v) is 5.29. The summed E-state index contributed by atoms with van der Waals surface area (Å²) in [6.45, 7) is 0. The highest BCUT2D eigenvalue weighted by atomic mass is 16.5. The number of anilines is 1. The van der Waals surface area contributed by atoms with Crippen molar-refractivity contribution in [1.29, 1.82) is 5.26 Å². The second-order valence-electron chi connectivity index (χ2n) is 7.20. The quantitative estimate of drug-likeness (QED) is 0.373. The predicted octanol–water partition coefficient (Wildman–Crippen LogP) is 4.02. The summed E-state index contributed by atoms with van der Waals surface area (Å²) in [7, 11) is 3.00. The van der Waals surface area contributed by atoms with Crippen LogP contribution in [0.25, 0.3) is 6.08 Å². The first-order valence-corrected chi connectivity index (χ1v) is 9.94. The van der Waals surface area contributed by atoms with Crippen molar-refractivity contribution in [3.8, 4) is 17.6 Å². The fraction of sp³-hybridized carbons (Fsp3) is 0.0769. The van der Waals surface area contributed by atoms with E-state index in [4.69, 9.17) is 9.47 Å². The average Bonchev–Trinajstić information content (AvgIpc) is 2.85. The van der Waals surface area contributed by atoms with Gasteiger partial charge in [-0.25, -0.2) is 0 Å². The minimum Gasteiger partial charge on any atom is -0.497 e. The first kappa shape index (κ1) is 21.5. The van der Waals surface area contributed by atoms with Crippen LogP contribution in [0.1, 0.15) is 37.4 Å². The van der Waals surface area contributed by atoms with Gasteiger partial charge in [-0.2, -0.15) is 5.26 Å². The lowest BCUT2D eigenvalue weighted by Crippen LogP contribution is -2.21. The number of fused-ring (bicyclic) bond motifs is 2. The van der Waals surface area contributed by atoms with Gasteiger partial charge in [-0.3, -0.25) is 14.4 Å². The average molecular weight is 438 g/mol. The maximum atomic E-state index is 12.9. The van der Waals surface area contributed by atoms with Gasteiger partial charge in [0.2, 0.25) is 0 Å². The Morgan fingerprint density at radius 2 is 1.55 bits per heavy atom. The minimum absolute atomic E-state index is 0.163. The van der Waals surface area contributed by atoms with Crippen molar-refractivity contribution >= 4 is 29.2 Å². The summed E-state index contributed by atoms with van der Waals surface area (Å²) >= 11 is 0. The molecule has 0 fully saturated rings. The normalized spacial score (nSPS) is 12.3. The van der Waals surface area contributed by atoms with Gasteiger partial charge in [0.25, 0.3) is 5.91 Å². The molecular weight excluding hydrogens is 420 g/mol. The Hall–Kier alpha value is -4.70. The van der Waals surface area contributed by atoms with E-state index in [2.05, 4.69) is 5.32 Å². The van der Waals surface area contributed by atoms with Gasteiger partial charge in [-0.05, 0) is 36.4 Å². The number of amides is 1. The maximum absolute atomic E-state index is 12.9. The van der Waals surface area contributed by atoms with Gasteiger partial charge in [-0.1, -0.05) is 24.3 Å². The fourth-order valence-corrected chi connectivity index (χ4v) is 3.62. The van der Waals surface area contributed by atoms with Crippen molar-refractivity contribution in [2.75, 3.05) is 19.5 Å². The first-order valence-electron chi connectivity index (χ1n) is 9.94. The Morgan fingerprint density at radius 3 is 2.18 bits per heavy atom. The van der Waals surface area contributed by atoms with E-state index in [0.29, 0.717) is 33.9 Å². The third-order valence-electron chi connectivity index (χ3n) is 5.29. The van der Waals surface area contributed by atoms with Crippen LogP contribution in [0.15, 0.2) is 66.2 Å². The van der Waals surface area contributed by atoms with Gasteiger partial charge in [0.15, 0.2) is 11.6 Å². The number of ether oxygens (including phenoxy) is 2. The van der Waals surface area contributed by atoms with Gasteiger partial charge in [-0.15, -0.1) is 0 Å². The van der Waals surface area contributed by atoms with Crippen molar-refractivity contribution < 1.29 is 23.9 Å². The summed E-state index contributed by atoms with van der Waals surface area (Å²) in [5.41, 5.74) is 1.81. The number of ketones is 2. The molecule has 1 aliphatic carbocycles. The molecule has 3 aromatic carbocycles. The van der Waals surface area contributed by atoms with Gasteiger partial charge in [0, 0.05) is 39.6 Å². The van der Waals surface area contributed by atoms with Gasteiger partial charge < -0.3 is 14.8 Å². The van der Waals surface area contributed by atoms with E-state index in [1.54, 1.807) is 42.5 Å². The second-order valence-corrected chi connectivity index (χ2v) is 7.20. The smallest absolute Gasteiger partial charge is 0.266 e. The summed E-state index contributed by atoms with van der Waals surface area (Å²) in [5.74, 6) is -0.198. The summed E-state index contributed by atoms with van der Waals surface area (Å²) in [5, 5.41) is 12.2. The molecule has 0 unspecified atom stereocenters. The van der Waals surface area contributed by atoms with Crippen LogP contribution in [-0.4, -0.2) is 31.7 Å². The summed E-state index contributed by atoms with van der Waals surface area (Å²) < 4.78 is 10.5. The van der Waals surface area contributed by atoms with Crippen LogP contribution in [0.4, 0.5) is 5.69 Å². The number of nitrogens with one attached hydrogen (secondary N) is 1. The number of benzene rings is 3. The zero-order valence-corrected chi connectivity index (χ0v) is 17.8. The molecule has 0 radical (unpaired) electrons. The Labute approximate surface area is 189 Å². The van der Waals surface area contributed by atoms with Crippen LogP contribution in [0.5, 0.6) is 11.5 Å². The highest BCUT2D eigenvalue weighted by molar-refractivity contribution is 6.28. The van der Waals surface area contributed by atoms with E-state index in [0.717, 1.165) is 0 Å². The molecule has 0 saturated carbocycles. The molecule has 1 N–H and O–H groups in total. The van der Waals surface area contributed by atoms with Crippen molar-refractivity contribution in [3.05, 3.63) is 94.1 Å². The van der Waals surface area contributed by atoms with E-state index in [1.807, 2.05) is 6.07 Å². The molecule has 7 nitrogen and oxygen atoms in total. The molecule has 162 valence electrons. The number of nitriles is 1. The van der Waals surface area contributed by atoms with E-state index in [1.165, 1.54) is 38.5 Å². The first-order chi connectivity index (χ1) is 16.0. The molecule has 0 aliphatic heterocycles. The van der Waals surface area contributed by atoms with Crippen LogP contribution < -0.4 is 14.8 Å². The van der Waals surface area contributed by atoms with Crippen LogP contribution in [0, 0.1) is 11.3 Å². The van der Waals surface area contributed by atoms with Gasteiger partial charge >= 0.3 is 0 Å². The molecule has 4 rings (SSSR count). The minimum atomic E-state index is -0.662. The molecule has 1 amide bonds. The van der Waals surface area contributed by atoms with Crippen LogP contribution in [0.2, 0.25) is 0 Å². The summed E-state index contributed by atoms with van der Waals surface area (Å²) in [6.07, 6.45) is 1.40. The monoisotopic (exact) mass is 438 g/mol. The molecule has 1 aliphatic rings. The van der Waals surface area contributed by atoms with Crippen molar-refractivity contribution in [3.63, 3.8) is 0 Å². The maximum Gasteiger partial charge on any atom is 0.266 e. The van der Waals surface area contributed by atoms with Gasteiger partial charge in [0.1, 0.15) is 23.1 Å². The number of hydrogen-bond donors (Lipinski definition) is 1. The topological polar surface area (TPSA) is 105 Å². The zero-order valence-electron chi connectivity index (χ0n) is 17.8. The molecule has 0 aromatic heterocycles. The Morgan fingerprint density at radius 1 is 0.879 bits per heavy atom. The Kier molecular flexibility index (Phi) is 5.75. The lowest BCUT2D eigenvalue weighted by atomic mass is 9.84. The molecule has 0 atom stereocenters. The highest BCUT2D eigenvalue weighted by Crippen LogP contribution is 2.30. The molecule has 3 aromatic rings. The fourth-order valence-electron chi connectivity index (χ4n) is 3.62. The predicted molar refractivity (Wildman–Crippen MR) is 122 cm³/mol. The Bertz CT molecular complexity index is 1380. The van der Waals surface area contributed by atoms with Crippen LogP contribution >= 0.6 is 0 Å². The summed E-state index contributed by atoms with van der Waals surface area (Å²) in [6, 6.07) is 18.0. The van der Waals surface area contributed by atoms with Crippen molar-refractivity contribution in [2.24, 2.45) is 0 Å². The van der Waals surface area contributed by atoms with Crippen LogP contribution in [0.3, 0.4) is 0 Å². The Balaban J connectivity index is 1.63. The van der Waals surface area contributed by atoms with E-state index >= 15 is 0 Å². The summed E-state index contributed by atoms with van der Waals surface area (Å²) in [4.78, 5) is 38.4. The third kappa shape index (κ3) is 3.98. The molecule has 0 spiro atoms. The second kappa shape index (κ2) is 8.81. The molecule has 7 heteroatoms. The van der Waals surface area contributed by atoms with E-state index in [9.17, 15) is 19.6 Å². The molecule has 0 bridgehead atoms. The lowest BCUT2D eigenvalue weighted by Gasteiger charge is -2.18. The number of carbonyl (C=O) groups excluding carboxylic acids is 3. The van der Waals surface area contributed by atoms with E-state index in [-0.39, 0.29) is 28.3 Å². The number of carbonyl (C=O) groups is 3. The number of methoxy groups -OCH3 is 2. The van der Waals surface area contributed by atoms with Crippen molar-refractivity contribution in [2.45, 2.75) is 0 Å². The van der Waals surface area contributed by atoms with Gasteiger partial charge in [0.05, 0.1) is 14.2 Å². The highest BCUT2D eigenvalue weighted by Gasteiger charge is 2.29. The number of hydrogen-bond acceptors (Lipinski definition) is 6. The lowest BCUT2D eigenvalue weighted by molar-refractivity contribution is -0.112. The standard InChI is InChI=1S/C26H18N2O5/c1-32-18-9-7-15(23(13-18)33-2)11-16(14-27)26(31)28-17-8-10-21-22(12-17)25(30)20-6-4-3-5-19(20)24(21)29/h3-13H,1-2H3,(H,28,31)/b16-11+. The van der Waals surface area contributed by atoms with Crippen molar-refractivity contribution in [1.82, 2.24) is 0 Å². The molecule has 0 saturated heterocycles. The number of nitrogens with zero attached hydrogens (tertiary/aromatic N) is 1. The van der Waals surface area contributed by atoms with Crippen LogP contribution in [-0.2, 0) is 4.79 Å². The largest absolute Gasteiger partial charge is 0.497 e. The SMILES string of the molecule is COc1ccc(/C=C(\C#N)C(=O)Nc2ccc3c(c2)C(=O)c2ccccc2C3=O)c(OC)c1. The van der Waals surface area contributed by atoms with E-state index < -0.39 is 5.91 Å². The number of rotatable bonds is 5. The molecule has 0 heterocycles. The molecular formula is C26H18N2O5.